The second-order valence-electron chi connectivity index (χ2n) is 11.5. The zero-order valence-electron chi connectivity index (χ0n) is 24.3. The van der Waals surface area contributed by atoms with Gasteiger partial charge in [-0.05, 0) is 44.0 Å². The summed E-state index contributed by atoms with van der Waals surface area (Å²) in [6.07, 6.45) is -1.98. The number of nitrogens with zero attached hydrogens (tertiary/aromatic N) is 7. The van der Waals surface area contributed by atoms with Crippen molar-refractivity contribution in [1.29, 1.82) is 0 Å². The van der Waals surface area contributed by atoms with Gasteiger partial charge in [0.2, 0.25) is 12.5 Å². The molecule has 3 aliphatic rings. The topological polar surface area (TPSA) is 69.4 Å². The van der Waals surface area contributed by atoms with Crippen LogP contribution in [0.15, 0.2) is 30.9 Å². The van der Waals surface area contributed by atoms with E-state index >= 15 is 0 Å². The summed E-state index contributed by atoms with van der Waals surface area (Å²) in [6.45, 7) is 16.3. The summed E-state index contributed by atoms with van der Waals surface area (Å²) >= 11 is 6.04. The van der Waals surface area contributed by atoms with Gasteiger partial charge in [-0.1, -0.05) is 31.2 Å². The van der Waals surface area contributed by atoms with Crippen LogP contribution in [-0.2, 0) is 23.9 Å². The van der Waals surface area contributed by atoms with Crippen molar-refractivity contribution in [2.24, 2.45) is 5.92 Å². The zero-order valence-corrected chi connectivity index (χ0v) is 25.0. The van der Waals surface area contributed by atoms with Gasteiger partial charge >= 0.3 is 12.2 Å². The number of amides is 1. The van der Waals surface area contributed by atoms with Crippen LogP contribution in [0.2, 0.25) is 5.02 Å². The number of carbonyl (C=O) groups is 1. The quantitative estimate of drug-likeness (QED) is 0.334. The lowest BCUT2D eigenvalue weighted by Crippen LogP contribution is -2.56. The Morgan fingerprint density at radius 3 is 2.67 bits per heavy atom. The molecule has 1 aromatic heterocycles. The molecule has 0 aliphatic carbocycles. The molecule has 2 fully saturated rings. The van der Waals surface area contributed by atoms with Crippen molar-refractivity contribution in [1.82, 2.24) is 19.8 Å². The van der Waals surface area contributed by atoms with Gasteiger partial charge in [0.15, 0.2) is 0 Å². The number of likely N-dealkylation sites (N-methyl/N-ethyl adjacent to an activating group) is 1. The highest BCUT2D eigenvalue weighted by Gasteiger charge is 2.39. The molecule has 230 valence electrons. The predicted octanol–water partition coefficient (Wildman–Crippen LogP) is 4.55. The van der Waals surface area contributed by atoms with Gasteiger partial charge in [-0.15, -0.1) is 0 Å². The number of ether oxygens (including phenoxy) is 1. The van der Waals surface area contributed by atoms with E-state index < -0.39 is 11.7 Å². The van der Waals surface area contributed by atoms with E-state index in [1.54, 1.807) is 9.80 Å². The number of aromatic nitrogens is 2. The summed E-state index contributed by atoms with van der Waals surface area (Å²) in [5, 5.41) is -0.351. The smallest absolute Gasteiger partial charge is 0.419 e. The lowest BCUT2D eigenvalue weighted by molar-refractivity contribution is -0.137. The summed E-state index contributed by atoms with van der Waals surface area (Å²) in [4.78, 5) is 33.1. The van der Waals surface area contributed by atoms with Crippen molar-refractivity contribution < 1.29 is 22.7 Å². The molecule has 0 spiro atoms. The van der Waals surface area contributed by atoms with E-state index in [2.05, 4.69) is 30.3 Å². The monoisotopic (exact) mass is 617 g/mol. The third-order valence-electron chi connectivity index (χ3n) is 8.48. The number of benzene rings is 1. The standard InChI is InChI=1S/C30H35ClF3N7O2/c1-5-26(42)41-12-11-40(16-21(41)14-35-3)28-22-9-10-39(25-8-6-7-23(31)27(25)30(32,33)34)17-24(22)36-29(37-28)43-18-20-13-19(2)15-38(20)4/h5-8,19-21H,1,9-18H2,2,4H3/t19-,20+,21+/m1/s1. The second kappa shape index (κ2) is 12.6. The Hall–Kier alpha value is -3.56. The molecule has 43 heavy (non-hydrogen) atoms. The van der Waals surface area contributed by atoms with Gasteiger partial charge in [0.1, 0.15) is 18.5 Å². The van der Waals surface area contributed by atoms with Crippen LogP contribution in [-0.4, -0.2) is 90.7 Å². The number of likely N-dealkylation sites (tertiary alicyclic amines) is 1. The molecule has 13 heteroatoms. The molecule has 5 rings (SSSR count). The zero-order chi connectivity index (χ0) is 30.9. The fourth-order valence-corrected chi connectivity index (χ4v) is 6.70. The van der Waals surface area contributed by atoms with Gasteiger partial charge in [-0.3, -0.25) is 9.69 Å². The van der Waals surface area contributed by atoms with Crippen molar-refractivity contribution in [2.45, 2.75) is 44.6 Å². The van der Waals surface area contributed by atoms with E-state index in [4.69, 9.17) is 32.9 Å². The van der Waals surface area contributed by atoms with Gasteiger partial charge in [0, 0.05) is 44.3 Å². The van der Waals surface area contributed by atoms with Gasteiger partial charge in [0.25, 0.3) is 0 Å². The van der Waals surface area contributed by atoms with Crippen molar-refractivity contribution in [3.8, 4) is 6.01 Å². The molecule has 0 saturated carbocycles. The molecule has 3 aliphatic heterocycles. The highest BCUT2D eigenvalue weighted by atomic mass is 35.5. The molecule has 0 bridgehead atoms. The minimum Gasteiger partial charge on any atom is -0.462 e. The normalized spacial score (nSPS) is 22.7. The van der Waals surface area contributed by atoms with E-state index in [9.17, 15) is 18.0 Å². The van der Waals surface area contributed by atoms with Crippen LogP contribution in [0.4, 0.5) is 24.7 Å². The summed E-state index contributed by atoms with van der Waals surface area (Å²) in [5.41, 5.74) is 0.549. The van der Waals surface area contributed by atoms with Crippen LogP contribution in [0.25, 0.3) is 4.85 Å². The van der Waals surface area contributed by atoms with Gasteiger partial charge in [-0.25, -0.2) is 6.57 Å². The lowest BCUT2D eigenvalue weighted by Gasteiger charge is -2.41. The average molecular weight is 618 g/mol. The predicted molar refractivity (Wildman–Crippen MR) is 158 cm³/mol. The number of halogens is 4. The van der Waals surface area contributed by atoms with E-state index in [0.29, 0.717) is 56.6 Å². The van der Waals surface area contributed by atoms with Gasteiger partial charge in [-0.2, -0.15) is 23.1 Å². The number of rotatable bonds is 7. The Balaban J connectivity index is 1.49. The number of hydrogen-bond donors (Lipinski definition) is 0. The Bertz CT molecular complexity index is 1420. The Kier molecular flexibility index (Phi) is 9.04. The molecule has 2 saturated heterocycles. The highest BCUT2D eigenvalue weighted by Crippen LogP contribution is 2.43. The maximum Gasteiger partial charge on any atom is 0.419 e. The first-order valence-corrected chi connectivity index (χ1v) is 14.7. The molecular weight excluding hydrogens is 583 g/mol. The van der Waals surface area contributed by atoms with E-state index in [1.165, 1.54) is 24.3 Å². The molecule has 3 atom stereocenters. The summed E-state index contributed by atoms with van der Waals surface area (Å²) in [6, 6.07) is 4.20. The first-order chi connectivity index (χ1) is 20.5. The van der Waals surface area contributed by atoms with Gasteiger partial charge < -0.3 is 24.3 Å². The van der Waals surface area contributed by atoms with Crippen LogP contribution in [0, 0.1) is 12.5 Å². The van der Waals surface area contributed by atoms with Crippen LogP contribution in [0.5, 0.6) is 6.01 Å². The number of fused-ring (bicyclic) bond motifs is 1. The van der Waals surface area contributed by atoms with E-state index in [1.807, 2.05) is 4.90 Å². The fraction of sp³-hybridized carbons (Fsp3) is 0.533. The molecule has 0 N–H and O–H groups in total. The van der Waals surface area contributed by atoms with Crippen molar-refractivity contribution in [3.05, 3.63) is 64.1 Å². The maximum absolute atomic E-state index is 14.0. The molecule has 1 aromatic carbocycles. The van der Waals surface area contributed by atoms with Crippen LogP contribution in [0.1, 0.15) is 30.2 Å². The second-order valence-corrected chi connectivity index (χ2v) is 11.9. The Morgan fingerprint density at radius 2 is 2.00 bits per heavy atom. The SMILES string of the molecule is [C-]#[N+]C[C@H]1CN(c2nc(OC[C@@H]3C[C@@H](C)CN3C)nc3c2CCN(c2cccc(Cl)c2C(F)(F)F)C3)CCN1C(=O)C=C. The number of alkyl halides is 3. The summed E-state index contributed by atoms with van der Waals surface area (Å²) in [5.74, 6) is 0.951. The molecule has 1 amide bonds. The summed E-state index contributed by atoms with van der Waals surface area (Å²) < 4.78 is 48.2. The lowest BCUT2D eigenvalue weighted by atomic mass is 10.0. The molecular formula is C30H35ClF3N7O2. The minimum atomic E-state index is -4.62. The third kappa shape index (κ3) is 6.53. The number of carbonyl (C=O) groups excluding carboxylic acids is 1. The molecule has 0 radical (unpaired) electrons. The van der Waals surface area contributed by atoms with Crippen LogP contribution >= 0.6 is 11.6 Å². The third-order valence-corrected chi connectivity index (χ3v) is 8.80. The molecule has 2 aromatic rings. The average Bonchev–Trinajstić information content (AvgIpc) is 3.30. The summed E-state index contributed by atoms with van der Waals surface area (Å²) in [7, 11) is 2.05. The minimum absolute atomic E-state index is 0.00326. The van der Waals surface area contributed by atoms with Gasteiger partial charge in [0.05, 0.1) is 28.5 Å². The number of hydrogen-bond acceptors (Lipinski definition) is 7. The first kappa shape index (κ1) is 30.9. The largest absolute Gasteiger partial charge is 0.462 e. The van der Waals surface area contributed by atoms with Crippen molar-refractivity contribution >= 4 is 29.0 Å². The fourth-order valence-electron chi connectivity index (χ4n) is 6.42. The van der Waals surface area contributed by atoms with E-state index in [0.717, 1.165) is 18.5 Å². The van der Waals surface area contributed by atoms with E-state index in [-0.39, 0.29) is 47.8 Å². The number of anilines is 2. The van der Waals surface area contributed by atoms with Crippen LogP contribution in [0.3, 0.4) is 0 Å². The Morgan fingerprint density at radius 1 is 1.21 bits per heavy atom. The van der Waals surface area contributed by atoms with Crippen molar-refractivity contribution in [2.75, 3.05) is 62.7 Å². The highest BCUT2D eigenvalue weighted by molar-refractivity contribution is 6.31. The van der Waals surface area contributed by atoms with Crippen molar-refractivity contribution in [3.63, 3.8) is 0 Å². The first-order valence-electron chi connectivity index (χ1n) is 14.3. The molecule has 0 unspecified atom stereocenters. The molecule has 9 nitrogen and oxygen atoms in total. The maximum atomic E-state index is 14.0. The number of piperazine rings is 1. The Labute approximate surface area is 254 Å². The molecule has 4 heterocycles. The van der Waals surface area contributed by atoms with Crippen LogP contribution < -0.4 is 14.5 Å².